The van der Waals surface area contributed by atoms with Crippen LogP contribution >= 0.6 is 11.6 Å². The van der Waals surface area contributed by atoms with Crippen molar-refractivity contribution in [3.05, 3.63) is 47.2 Å². The van der Waals surface area contributed by atoms with Crippen LogP contribution in [0.5, 0.6) is 0 Å². The Bertz CT molecular complexity index is 732. The number of anilines is 2. The first-order valence-corrected chi connectivity index (χ1v) is 8.86. The van der Waals surface area contributed by atoms with E-state index in [0.717, 1.165) is 43.4 Å². The van der Waals surface area contributed by atoms with Crippen LogP contribution in [-0.2, 0) is 4.79 Å². The van der Waals surface area contributed by atoms with Crippen LogP contribution in [0.1, 0.15) is 12.5 Å². The minimum absolute atomic E-state index is 0.0183. The van der Waals surface area contributed by atoms with Gasteiger partial charge in [0, 0.05) is 23.1 Å². The van der Waals surface area contributed by atoms with E-state index in [-0.39, 0.29) is 11.9 Å². The Kier molecular flexibility index (Phi) is 5.50. The summed E-state index contributed by atoms with van der Waals surface area (Å²) in [4.78, 5) is 24.6. The second-order valence-electron chi connectivity index (χ2n) is 6.36. The summed E-state index contributed by atoms with van der Waals surface area (Å²) in [6, 6.07) is 7.22. The van der Waals surface area contributed by atoms with Crippen LogP contribution in [0.15, 0.2) is 36.7 Å². The van der Waals surface area contributed by atoms with Crippen LogP contribution in [0, 0.1) is 6.92 Å². The Morgan fingerprint density at radius 2 is 1.96 bits per heavy atom. The maximum Gasteiger partial charge on any atom is 0.282 e. The number of benzene rings is 1. The number of aryl methyl sites for hydroxylation is 1. The lowest BCUT2D eigenvalue weighted by atomic mass is 10.1. The zero-order valence-electron chi connectivity index (χ0n) is 14.5. The molecule has 1 aromatic carbocycles. The number of carbonyl (C=O) groups excluding carboxylic acids is 1. The van der Waals surface area contributed by atoms with Gasteiger partial charge in [0.2, 0.25) is 5.95 Å². The summed E-state index contributed by atoms with van der Waals surface area (Å²) in [7, 11) is 0. The fourth-order valence-corrected chi connectivity index (χ4v) is 3.21. The van der Waals surface area contributed by atoms with E-state index in [1.165, 1.54) is 4.90 Å². The molecule has 1 atom stereocenters. The number of nitrogens with one attached hydrogen (secondary N) is 2. The number of hydrogen-bond acceptors (Lipinski definition) is 4. The molecule has 25 heavy (non-hydrogen) atoms. The predicted molar refractivity (Wildman–Crippen MR) is 99.2 cm³/mol. The molecule has 2 heterocycles. The Hall–Kier alpha value is -2.18. The van der Waals surface area contributed by atoms with Crippen LogP contribution in [0.4, 0.5) is 11.6 Å². The molecule has 0 unspecified atom stereocenters. The summed E-state index contributed by atoms with van der Waals surface area (Å²) in [5.74, 6) is 0.776. The van der Waals surface area contributed by atoms with E-state index in [4.69, 9.17) is 11.6 Å². The van der Waals surface area contributed by atoms with Gasteiger partial charge in [-0.2, -0.15) is 0 Å². The number of hydrogen-bond donors (Lipinski definition) is 2. The minimum Gasteiger partial charge on any atom is -0.330 e. The van der Waals surface area contributed by atoms with E-state index < -0.39 is 0 Å². The first kappa shape index (κ1) is 17.6. The van der Waals surface area contributed by atoms with Gasteiger partial charge in [-0.15, -0.1) is 0 Å². The van der Waals surface area contributed by atoms with Gasteiger partial charge in [-0.25, -0.2) is 9.97 Å². The highest BCUT2D eigenvalue weighted by atomic mass is 35.5. The molecule has 0 radical (unpaired) electrons. The van der Waals surface area contributed by atoms with Gasteiger partial charge in [0.05, 0.1) is 26.2 Å². The third kappa shape index (κ3) is 4.27. The number of aromatic nitrogens is 2. The normalized spacial score (nSPS) is 16.5. The molecule has 1 fully saturated rings. The van der Waals surface area contributed by atoms with E-state index in [2.05, 4.69) is 20.2 Å². The number of piperazine rings is 1. The average Bonchev–Trinajstić information content (AvgIpc) is 2.65. The summed E-state index contributed by atoms with van der Waals surface area (Å²) in [6.45, 7) is 7.37. The lowest BCUT2D eigenvalue weighted by Gasteiger charge is -2.34. The van der Waals surface area contributed by atoms with Gasteiger partial charge in [-0.3, -0.25) is 4.79 Å². The first-order chi connectivity index (χ1) is 12.0. The molecule has 0 aliphatic carbocycles. The molecule has 7 heteroatoms. The van der Waals surface area contributed by atoms with Crippen molar-refractivity contribution in [3.63, 3.8) is 0 Å². The molecule has 6 nitrogen and oxygen atoms in total. The van der Waals surface area contributed by atoms with Crippen molar-refractivity contribution < 1.29 is 9.69 Å². The SMILES string of the molecule is Cc1ccc(Cl)cc1NC(=O)[C@H](C)[NH+]1CCN(c2ncccn2)CC1. The summed E-state index contributed by atoms with van der Waals surface area (Å²) < 4.78 is 0. The van der Waals surface area contributed by atoms with Gasteiger partial charge in [-0.05, 0) is 37.6 Å². The molecule has 2 aromatic rings. The molecular formula is C18H23ClN5O+. The quantitative estimate of drug-likeness (QED) is 0.859. The van der Waals surface area contributed by atoms with Crippen molar-refractivity contribution in [2.75, 3.05) is 36.4 Å². The Labute approximate surface area is 152 Å². The lowest BCUT2D eigenvalue weighted by molar-refractivity contribution is -0.914. The number of carbonyl (C=O) groups is 1. The number of rotatable bonds is 4. The first-order valence-electron chi connectivity index (χ1n) is 8.48. The van der Waals surface area contributed by atoms with Crippen molar-refractivity contribution in [3.8, 4) is 0 Å². The van der Waals surface area contributed by atoms with E-state index in [0.29, 0.717) is 5.02 Å². The average molecular weight is 361 g/mol. The third-order valence-corrected chi connectivity index (χ3v) is 4.94. The van der Waals surface area contributed by atoms with Crippen LogP contribution in [-0.4, -0.2) is 48.1 Å². The molecular weight excluding hydrogens is 338 g/mol. The molecule has 1 aromatic heterocycles. The molecule has 0 saturated carbocycles. The molecule has 0 spiro atoms. The maximum atomic E-state index is 12.6. The zero-order chi connectivity index (χ0) is 17.8. The second kappa shape index (κ2) is 7.80. The van der Waals surface area contributed by atoms with Crippen LogP contribution < -0.4 is 15.1 Å². The van der Waals surface area contributed by atoms with E-state index in [1.807, 2.05) is 32.0 Å². The van der Waals surface area contributed by atoms with Crippen molar-refractivity contribution >= 4 is 29.1 Å². The predicted octanol–water partition coefficient (Wildman–Crippen LogP) is 1.17. The summed E-state index contributed by atoms with van der Waals surface area (Å²) in [5, 5.41) is 3.63. The third-order valence-electron chi connectivity index (χ3n) is 4.70. The highest BCUT2D eigenvalue weighted by molar-refractivity contribution is 6.31. The van der Waals surface area contributed by atoms with Crippen molar-refractivity contribution in [1.29, 1.82) is 0 Å². The van der Waals surface area contributed by atoms with Gasteiger partial charge in [0.1, 0.15) is 0 Å². The van der Waals surface area contributed by atoms with Gasteiger partial charge < -0.3 is 15.1 Å². The smallest absolute Gasteiger partial charge is 0.282 e. The molecule has 1 aliphatic rings. The van der Waals surface area contributed by atoms with Crippen molar-refractivity contribution in [2.45, 2.75) is 19.9 Å². The summed E-state index contributed by atoms with van der Waals surface area (Å²) in [5.41, 5.74) is 1.78. The molecule has 0 bridgehead atoms. The van der Waals surface area contributed by atoms with Gasteiger partial charge >= 0.3 is 0 Å². The maximum absolute atomic E-state index is 12.6. The van der Waals surface area contributed by atoms with Crippen LogP contribution in [0.3, 0.4) is 0 Å². The van der Waals surface area contributed by atoms with Crippen molar-refractivity contribution in [1.82, 2.24) is 9.97 Å². The van der Waals surface area contributed by atoms with Crippen LogP contribution in [0.25, 0.3) is 0 Å². The monoisotopic (exact) mass is 360 g/mol. The highest BCUT2D eigenvalue weighted by Gasteiger charge is 2.30. The molecule has 132 valence electrons. The number of halogens is 1. The number of amides is 1. The molecule has 3 rings (SSSR count). The van der Waals surface area contributed by atoms with Gasteiger partial charge in [-0.1, -0.05) is 17.7 Å². The summed E-state index contributed by atoms with van der Waals surface area (Å²) >= 11 is 6.03. The van der Waals surface area contributed by atoms with Crippen LogP contribution in [0.2, 0.25) is 5.02 Å². The largest absolute Gasteiger partial charge is 0.330 e. The van der Waals surface area contributed by atoms with Gasteiger partial charge in [0.25, 0.3) is 5.91 Å². The fraction of sp³-hybridized carbons (Fsp3) is 0.389. The molecule has 1 amide bonds. The number of quaternary nitrogens is 1. The Balaban J connectivity index is 1.57. The molecule has 1 aliphatic heterocycles. The summed E-state index contributed by atoms with van der Waals surface area (Å²) in [6.07, 6.45) is 3.51. The Morgan fingerprint density at radius 1 is 1.28 bits per heavy atom. The van der Waals surface area contributed by atoms with E-state index in [1.54, 1.807) is 18.5 Å². The van der Waals surface area contributed by atoms with E-state index in [9.17, 15) is 4.79 Å². The number of nitrogens with zero attached hydrogens (tertiary/aromatic N) is 3. The van der Waals surface area contributed by atoms with E-state index >= 15 is 0 Å². The standard InChI is InChI=1S/C18H22ClN5O/c1-13-4-5-15(19)12-16(13)22-17(25)14(2)23-8-10-24(11-9-23)18-20-6-3-7-21-18/h3-7,12,14H,8-11H2,1-2H3,(H,22,25)/p+1/t14-/m0/s1. The molecule has 1 saturated heterocycles. The zero-order valence-corrected chi connectivity index (χ0v) is 15.3. The Morgan fingerprint density at radius 3 is 2.64 bits per heavy atom. The highest BCUT2D eigenvalue weighted by Crippen LogP contribution is 2.20. The second-order valence-corrected chi connectivity index (χ2v) is 6.80. The fourth-order valence-electron chi connectivity index (χ4n) is 3.04. The molecule has 2 N–H and O–H groups in total. The lowest BCUT2D eigenvalue weighted by Crippen LogP contribution is -3.19. The topological polar surface area (TPSA) is 62.6 Å². The van der Waals surface area contributed by atoms with Crippen molar-refractivity contribution in [2.24, 2.45) is 0 Å². The van der Waals surface area contributed by atoms with Gasteiger partial charge in [0.15, 0.2) is 6.04 Å². The minimum atomic E-state index is -0.128.